The largest absolute Gasteiger partial charge is 0.356 e. The topological polar surface area (TPSA) is 77.2 Å². The molecule has 2 aromatic rings. The predicted molar refractivity (Wildman–Crippen MR) is 71.9 cm³/mol. The molecule has 0 saturated carbocycles. The second-order valence-electron chi connectivity index (χ2n) is 4.21. The van der Waals surface area contributed by atoms with E-state index in [1.165, 1.54) is 12.1 Å². The van der Waals surface area contributed by atoms with Gasteiger partial charge in [0.25, 0.3) is 5.69 Å². The zero-order chi connectivity index (χ0) is 13.8. The lowest BCUT2D eigenvalue weighted by molar-refractivity contribution is -0.384. The number of benzene rings is 1. The first-order valence-electron chi connectivity index (χ1n) is 6.12. The summed E-state index contributed by atoms with van der Waals surface area (Å²) in [4.78, 5) is 21.7. The van der Waals surface area contributed by atoms with Gasteiger partial charge < -0.3 is 9.88 Å². The molecule has 100 valence electrons. The van der Waals surface area contributed by atoms with Crippen molar-refractivity contribution in [3.8, 4) is 0 Å². The first-order valence-corrected chi connectivity index (χ1v) is 6.12. The minimum absolute atomic E-state index is 0.00580. The van der Waals surface area contributed by atoms with Crippen LogP contribution in [-0.2, 0) is 11.3 Å². The van der Waals surface area contributed by atoms with E-state index < -0.39 is 4.92 Å². The average molecular weight is 261 g/mol. The van der Waals surface area contributed by atoms with Crippen molar-refractivity contribution in [1.29, 1.82) is 0 Å². The van der Waals surface area contributed by atoms with E-state index in [-0.39, 0.29) is 11.6 Å². The summed E-state index contributed by atoms with van der Waals surface area (Å²) >= 11 is 0. The number of nitro groups is 1. The second kappa shape index (κ2) is 5.51. The molecule has 0 fully saturated rings. The number of carbonyl (C=O) groups is 1. The number of non-ortho nitro benzene ring substituents is 1. The highest BCUT2D eigenvalue weighted by molar-refractivity contribution is 5.83. The molecule has 6 heteroatoms. The molecule has 0 unspecified atom stereocenters. The van der Waals surface area contributed by atoms with Crippen molar-refractivity contribution < 1.29 is 9.72 Å². The van der Waals surface area contributed by atoms with Gasteiger partial charge in [0, 0.05) is 48.7 Å². The summed E-state index contributed by atoms with van der Waals surface area (Å²) in [5.41, 5.74) is 0.976. The van der Waals surface area contributed by atoms with Gasteiger partial charge in [0.15, 0.2) is 0 Å². The highest BCUT2D eigenvalue weighted by atomic mass is 16.6. The maximum atomic E-state index is 11.4. The molecular weight excluding hydrogens is 246 g/mol. The number of hydrogen-bond donors (Lipinski definition) is 1. The fourth-order valence-electron chi connectivity index (χ4n) is 2.00. The fraction of sp³-hybridized carbons (Fsp3) is 0.308. The Bertz CT molecular complexity index is 619. The fourth-order valence-corrected chi connectivity index (χ4v) is 2.00. The van der Waals surface area contributed by atoms with Crippen LogP contribution in [0.3, 0.4) is 0 Å². The summed E-state index contributed by atoms with van der Waals surface area (Å²) in [6.45, 7) is 3.06. The quantitative estimate of drug-likeness (QED) is 0.661. The number of hydrogen-bond acceptors (Lipinski definition) is 3. The van der Waals surface area contributed by atoms with Crippen molar-refractivity contribution in [3.05, 3.63) is 40.6 Å². The normalized spacial score (nSPS) is 10.6. The van der Waals surface area contributed by atoms with Gasteiger partial charge in [-0.25, -0.2) is 0 Å². The lowest BCUT2D eigenvalue weighted by Gasteiger charge is -2.05. The van der Waals surface area contributed by atoms with Gasteiger partial charge in [0.2, 0.25) is 5.91 Å². The Hall–Kier alpha value is -2.37. The van der Waals surface area contributed by atoms with Crippen LogP contribution in [0.2, 0.25) is 0 Å². The number of aryl methyl sites for hydroxylation is 1. The first-order chi connectivity index (χ1) is 9.11. The predicted octanol–water partition coefficient (Wildman–Crippen LogP) is 2.08. The molecule has 0 aliphatic carbocycles. The van der Waals surface area contributed by atoms with E-state index in [2.05, 4.69) is 5.32 Å². The van der Waals surface area contributed by atoms with Crippen LogP contribution in [0.15, 0.2) is 30.5 Å². The third-order valence-electron chi connectivity index (χ3n) is 2.92. The summed E-state index contributed by atoms with van der Waals surface area (Å²) in [7, 11) is 0. The van der Waals surface area contributed by atoms with Gasteiger partial charge in [-0.05, 0) is 19.1 Å². The molecular formula is C13H15N3O3. The van der Waals surface area contributed by atoms with E-state index in [1.807, 2.05) is 23.8 Å². The summed E-state index contributed by atoms with van der Waals surface area (Å²) < 4.78 is 1.92. The van der Waals surface area contributed by atoms with Crippen molar-refractivity contribution in [2.24, 2.45) is 0 Å². The van der Waals surface area contributed by atoms with Gasteiger partial charge in [-0.1, -0.05) is 0 Å². The molecule has 0 aliphatic heterocycles. The van der Waals surface area contributed by atoms with Crippen LogP contribution in [0.25, 0.3) is 10.9 Å². The molecule has 1 N–H and O–H groups in total. The zero-order valence-corrected chi connectivity index (χ0v) is 10.6. The molecule has 1 aromatic carbocycles. The van der Waals surface area contributed by atoms with Crippen LogP contribution in [0.5, 0.6) is 0 Å². The van der Waals surface area contributed by atoms with Gasteiger partial charge in [-0.2, -0.15) is 0 Å². The third kappa shape index (κ3) is 2.90. The Morgan fingerprint density at radius 1 is 1.42 bits per heavy atom. The molecule has 0 saturated heterocycles. The van der Waals surface area contributed by atoms with E-state index in [1.54, 1.807) is 6.07 Å². The molecule has 0 bridgehead atoms. The van der Waals surface area contributed by atoms with Crippen LogP contribution in [0.4, 0.5) is 5.69 Å². The monoisotopic (exact) mass is 261 g/mol. The molecule has 1 amide bonds. The van der Waals surface area contributed by atoms with Crippen LogP contribution in [0.1, 0.15) is 13.3 Å². The Labute approximate surface area is 110 Å². The van der Waals surface area contributed by atoms with Crippen molar-refractivity contribution in [1.82, 2.24) is 9.88 Å². The molecule has 0 aliphatic rings. The number of carbonyl (C=O) groups excluding carboxylic acids is 1. The minimum atomic E-state index is -0.411. The van der Waals surface area contributed by atoms with E-state index in [4.69, 9.17) is 0 Å². The Morgan fingerprint density at radius 3 is 2.89 bits per heavy atom. The van der Waals surface area contributed by atoms with Crippen molar-refractivity contribution in [3.63, 3.8) is 0 Å². The number of fused-ring (bicyclic) bond motifs is 1. The summed E-state index contributed by atoms with van der Waals surface area (Å²) in [5.74, 6) is 0.00580. The lowest BCUT2D eigenvalue weighted by atomic mass is 10.2. The number of amides is 1. The SMILES string of the molecule is CCNC(=O)CCn1ccc2cc([N+](=O)[O-])ccc21. The standard InChI is InChI=1S/C13H15N3O3/c1-2-14-13(17)6-8-15-7-5-10-9-11(16(18)19)3-4-12(10)15/h3-5,7,9H,2,6,8H2,1H3,(H,14,17). The van der Waals surface area contributed by atoms with Gasteiger partial charge >= 0.3 is 0 Å². The van der Waals surface area contributed by atoms with Crippen molar-refractivity contribution in [2.75, 3.05) is 6.54 Å². The van der Waals surface area contributed by atoms with Gasteiger partial charge in [-0.15, -0.1) is 0 Å². The second-order valence-corrected chi connectivity index (χ2v) is 4.21. The highest BCUT2D eigenvalue weighted by Crippen LogP contribution is 2.22. The highest BCUT2D eigenvalue weighted by Gasteiger charge is 2.09. The maximum Gasteiger partial charge on any atom is 0.270 e. The Balaban J connectivity index is 2.17. The van der Waals surface area contributed by atoms with Crippen molar-refractivity contribution in [2.45, 2.75) is 19.9 Å². The van der Waals surface area contributed by atoms with E-state index >= 15 is 0 Å². The molecule has 0 spiro atoms. The minimum Gasteiger partial charge on any atom is -0.356 e. The van der Waals surface area contributed by atoms with Crippen LogP contribution >= 0.6 is 0 Å². The smallest absolute Gasteiger partial charge is 0.270 e. The van der Waals surface area contributed by atoms with E-state index in [9.17, 15) is 14.9 Å². The maximum absolute atomic E-state index is 11.4. The number of rotatable bonds is 5. The number of nitrogens with zero attached hydrogens (tertiary/aromatic N) is 2. The summed E-state index contributed by atoms with van der Waals surface area (Å²) in [6, 6.07) is 6.55. The van der Waals surface area contributed by atoms with Gasteiger partial charge in [0.05, 0.1) is 4.92 Å². The van der Waals surface area contributed by atoms with Crippen LogP contribution in [0, 0.1) is 10.1 Å². The third-order valence-corrected chi connectivity index (χ3v) is 2.92. The average Bonchev–Trinajstić information content (AvgIpc) is 2.79. The number of nitro benzene ring substituents is 1. The Morgan fingerprint density at radius 2 is 2.21 bits per heavy atom. The van der Waals surface area contributed by atoms with Gasteiger partial charge in [0.1, 0.15) is 0 Å². The van der Waals surface area contributed by atoms with E-state index in [0.717, 1.165) is 10.9 Å². The number of aromatic nitrogens is 1. The zero-order valence-electron chi connectivity index (χ0n) is 10.6. The van der Waals surface area contributed by atoms with Gasteiger partial charge in [-0.3, -0.25) is 14.9 Å². The molecule has 0 radical (unpaired) electrons. The molecule has 1 aromatic heterocycles. The molecule has 0 atom stereocenters. The van der Waals surface area contributed by atoms with E-state index in [0.29, 0.717) is 19.5 Å². The lowest BCUT2D eigenvalue weighted by Crippen LogP contribution is -2.23. The number of nitrogens with one attached hydrogen (secondary N) is 1. The van der Waals surface area contributed by atoms with Crippen LogP contribution in [-0.4, -0.2) is 21.9 Å². The molecule has 6 nitrogen and oxygen atoms in total. The van der Waals surface area contributed by atoms with Crippen LogP contribution < -0.4 is 5.32 Å². The molecule has 1 heterocycles. The summed E-state index contributed by atoms with van der Waals surface area (Å²) in [5, 5.41) is 14.2. The summed E-state index contributed by atoms with van der Waals surface area (Å²) in [6.07, 6.45) is 2.24. The molecule has 19 heavy (non-hydrogen) atoms. The van der Waals surface area contributed by atoms with Crippen molar-refractivity contribution >= 4 is 22.5 Å². The first kappa shape index (κ1) is 13.1. The molecule has 2 rings (SSSR count). The Kier molecular flexibility index (Phi) is 3.79.